The van der Waals surface area contributed by atoms with Crippen LogP contribution in [0.15, 0.2) is 82.2 Å². The molecule has 0 aliphatic rings. The Morgan fingerprint density at radius 3 is 1.86 bits per heavy atom. The normalized spacial score (nSPS) is 10.4. The van der Waals surface area contributed by atoms with Crippen LogP contribution in [0.3, 0.4) is 0 Å². The molecule has 236 valence electrons. The lowest BCUT2D eigenvalue weighted by atomic mass is 10.2. The summed E-state index contributed by atoms with van der Waals surface area (Å²) in [5.74, 6) is 2.72. The molecule has 0 spiro atoms. The van der Waals surface area contributed by atoms with Crippen molar-refractivity contribution in [3.05, 3.63) is 87.9 Å². The first-order chi connectivity index (χ1) is 20.0. The van der Waals surface area contributed by atoms with Crippen molar-refractivity contribution >= 4 is 140 Å². The molecular weight excluding hydrogens is 863 g/mol. The number of ether oxygens (including phenoxy) is 2. The fourth-order valence-corrected chi connectivity index (χ4v) is 90.2. The summed E-state index contributed by atoms with van der Waals surface area (Å²) >= 11 is 8.81. The maximum atomic E-state index is 10.7. The van der Waals surface area contributed by atoms with E-state index in [1.54, 1.807) is 18.2 Å². The van der Waals surface area contributed by atoms with Crippen molar-refractivity contribution in [3.8, 4) is 18.1 Å². The molecule has 0 saturated heterocycles. The van der Waals surface area contributed by atoms with Crippen LogP contribution < -0.4 is 10.5 Å². The molecule has 3 rings (SSSR count). The van der Waals surface area contributed by atoms with Gasteiger partial charge in [0.25, 0.3) is 9.05 Å². The number of esters is 1. The Balaban J connectivity index is 0.000000552. The van der Waals surface area contributed by atoms with Crippen molar-refractivity contribution in [1.82, 2.24) is 0 Å². The lowest BCUT2D eigenvalue weighted by Crippen LogP contribution is -2.12. The number of para-hydroxylation sites is 1. The fourth-order valence-electron chi connectivity index (χ4n) is 2.34. The van der Waals surface area contributed by atoms with E-state index in [-0.39, 0.29) is 45.4 Å². The van der Waals surface area contributed by atoms with E-state index in [0.717, 1.165) is 10.0 Å². The van der Waals surface area contributed by atoms with Gasteiger partial charge in [0.05, 0.1) is 12.0 Å². The quantitative estimate of drug-likeness (QED) is 0.0835. The highest BCUT2D eigenvalue weighted by Gasteiger charge is 2.20. The van der Waals surface area contributed by atoms with Crippen molar-refractivity contribution in [2.45, 2.75) is 4.90 Å². The molecule has 6 atom stereocenters. The Hall–Kier alpha value is 1.60. The number of hydrogen-bond acceptors (Lipinski definition) is 6. The van der Waals surface area contributed by atoms with Crippen LogP contribution in [-0.2, 0) is 18.6 Å². The highest BCUT2D eigenvalue weighted by molar-refractivity contribution is 9.16. The van der Waals surface area contributed by atoms with Gasteiger partial charge in [0.1, 0.15) is 5.75 Å². The zero-order valence-electron chi connectivity index (χ0n) is 22.6. The molecule has 6 unspecified atom stereocenters. The summed E-state index contributed by atoms with van der Waals surface area (Å²) in [4.78, 5) is 10.8. The van der Waals surface area contributed by atoms with E-state index in [2.05, 4.69) is 80.2 Å². The van der Waals surface area contributed by atoms with E-state index in [4.69, 9.17) is 39.2 Å². The van der Waals surface area contributed by atoms with Crippen LogP contribution in [0.25, 0.3) is 0 Å². The van der Waals surface area contributed by atoms with Crippen molar-refractivity contribution in [3.63, 3.8) is 0 Å². The van der Waals surface area contributed by atoms with E-state index in [9.17, 15) is 13.2 Å². The van der Waals surface area contributed by atoms with Crippen LogP contribution in [0, 0.1) is 12.3 Å². The summed E-state index contributed by atoms with van der Waals surface area (Å²) in [5, 5.41) is 0.481. The van der Waals surface area contributed by atoms with Crippen LogP contribution in [0.1, 0.15) is 5.56 Å². The van der Waals surface area contributed by atoms with Gasteiger partial charge in [-0.3, -0.25) is 0 Å². The summed E-state index contributed by atoms with van der Waals surface area (Å²) in [5.41, 5.74) is 6.92. The molecule has 3 aromatic carbocycles. The predicted molar refractivity (Wildman–Crippen MR) is 221 cm³/mol. The minimum atomic E-state index is -3.61. The van der Waals surface area contributed by atoms with E-state index in [1.165, 1.54) is 31.4 Å². The number of carbonyl (C=O) groups excluding carboxylic acids is 1. The number of nitrogens with two attached hydrogens (primary N) is 1. The molecule has 3 aromatic rings. The van der Waals surface area contributed by atoms with E-state index < -0.39 is 9.05 Å². The number of benzene rings is 3. The smallest absolute Gasteiger partial charge is 0.343 e. The molecular formula is C23H32BrCl2NO5P10S. The Bertz CT molecular complexity index is 1400. The SMILES string of the molecule is C#Cc1ccccc1N.COC(=O)COc1cccc(Br)c1.O=S(=O)(Cl)c1ccc(Cl)cc1.PP(P)P(P(P)P)P(P)P. The number of hydrogen-bond donors (Lipinski definition) is 1. The number of rotatable bonds is 7. The average molecular weight is 895 g/mol. The largest absolute Gasteiger partial charge is 0.482 e. The second-order valence-corrected chi connectivity index (χ2v) is 47.9. The topological polar surface area (TPSA) is 95.7 Å². The van der Waals surface area contributed by atoms with Gasteiger partial charge in [-0.05, 0) is 82.5 Å². The molecule has 0 heterocycles. The average Bonchev–Trinajstić information content (AvgIpc) is 2.92. The van der Waals surface area contributed by atoms with Crippen LogP contribution >= 0.6 is 120 Å². The third-order valence-corrected chi connectivity index (χ3v) is 55.9. The first-order valence-electron chi connectivity index (χ1n) is 11.2. The summed E-state index contributed by atoms with van der Waals surface area (Å²) in [6, 6.07) is 20.2. The zero-order valence-corrected chi connectivity index (χ0v) is 37.0. The molecule has 0 aromatic heterocycles. The fraction of sp³-hybridized carbons (Fsp3) is 0.0870. The number of carbonyl (C=O) groups is 1. The first-order valence-corrected chi connectivity index (χ1v) is 31.9. The first kappa shape index (κ1) is 44.6. The second kappa shape index (κ2) is 24.7. The summed E-state index contributed by atoms with van der Waals surface area (Å²) in [6.45, 7) is 0.561. The molecule has 0 saturated carbocycles. The Morgan fingerprint density at radius 1 is 0.953 bits per heavy atom. The van der Waals surface area contributed by atoms with Gasteiger partial charge in [0.15, 0.2) is 6.61 Å². The molecule has 6 nitrogen and oxygen atoms in total. The molecule has 0 fully saturated rings. The van der Waals surface area contributed by atoms with Crippen LogP contribution in [-0.4, -0.2) is 28.1 Å². The van der Waals surface area contributed by atoms with Gasteiger partial charge in [-0.15, -0.1) is 60.0 Å². The van der Waals surface area contributed by atoms with Gasteiger partial charge in [-0.2, -0.15) is 0 Å². The minimum Gasteiger partial charge on any atom is -0.482 e. The maximum Gasteiger partial charge on any atom is 0.343 e. The molecule has 2 N–H and O–H groups in total. The standard InChI is InChI=1S/C9H9BrO3.C8H7N.C6H4Cl2O2S.H12P10/c1-12-9(11)6-13-8-4-2-3-7(10)5-8;1-2-7-5-3-4-6-8(7)9;7-5-1-3-6(4-2-5)11(8,9)10;1-7(2)10(8(3)4)9(5)6/h2-5H,6H2,1H3;1,3-6H,9H2;1-4H;1-6H2. The molecule has 0 aliphatic carbocycles. The summed E-state index contributed by atoms with van der Waals surface area (Å²) < 4.78 is 31.8. The van der Waals surface area contributed by atoms with Crippen molar-refractivity contribution in [2.24, 2.45) is 0 Å². The lowest BCUT2D eigenvalue weighted by molar-refractivity contribution is -0.142. The van der Waals surface area contributed by atoms with E-state index in [1.807, 2.05) is 30.3 Å². The van der Waals surface area contributed by atoms with Crippen molar-refractivity contribution in [1.29, 1.82) is 0 Å². The number of anilines is 1. The van der Waals surface area contributed by atoms with Crippen molar-refractivity contribution < 1.29 is 22.7 Å². The summed E-state index contributed by atoms with van der Waals surface area (Å²) in [7, 11) is 20.4. The van der Waals surface area contributed by atoms with Crippen LogP contribution in [0.4, 0.5) is 5.69 Å². The highest BCUT2D eigenvalue weighted by Crippen LogP contribution is 3.10. The lowest BCUT2D eigenvalue weighted by Gasteiger charge is -2.27. The van der Waals surface area contributed by atoms with Crippen molar-refractivity contribution in [2.75, 3.05) is 19.5 Å². The predicted octanol–water partition coefficient (Wildman–Crippen LogP) is 10.9. The molecule has 20 heteroatoms. The van der Waals surface area contributed by atoms with Crippen LogP contribution in [0.2, 0.25) is 5.02 Å². The highest BCUT2D eigenvalue weighted by atomic mass is 79.9. The number of methoxy groups -OCH3 is 1. The van der Waals surface area contributed by atoms with Gasteiger partial charge in [-0.25, -0.2) is 13.2 Å². The number of terminal acetylenes is 1. The van der Waals surface area contributed by atoms with Gasteiger partial charge in [-0.1, -0.05) is 51.7 Å². The monoisotopic (exact) mass is 893 g/mol. The number of nitrogen functional groups attached to an aromatic ring is 1. The minimum absolute atomic E-state index is 0.0589. The second-order valence-electron chi connectivity index (χ2n) is 7.35. The summed E-state index contributed by atoms with van der Waals surface area (Å²) in [6.07, 6.45) is 5.12. The Morgan fingerprint density at radius 2 is 1.49 bits per heavy atom. The van der Waals surface area contributed by atoms with Gasteiger partial charge >= 0.3 is 5.97 Å². The van der Waals surface area contributed by atoms with Gasteiger partial charge in [0.2, 0.25) is 0 Å². The Kier molecular flexibility index (Phi) is 25.6. The van der Waals surface area contributed by atoms with E-state index >= 15 is 0 Å². The molecule has 0 bridgehead atoms. The Labute approximate surface area is 291 Å². The molecule has 43 heavy (non-hydrogen) atoms. The third kappa shape index (κ3) is 21.2. The van der Waals surface area contributed by atoms with Crippen LogP contribution in [0.5, 0.6) is 5.75 Å². The third-order valence-electron chi connectivity index (χ3n) is 4.21. The molecule has 0 amide bonds. The zero-order chi connectivity index (χ0) is 33.2. The van der Waals surface area contributed by atoms with Gasteiger partial charge in [0, 0.05) is 31.4 Å². The van der Waals surface area contributed by atoms with Gasteiger partial charge < -0.3 is 15.2 Å². The maximum absolute atomic E-state index is 10.7. The van der Waals surface area contributed by atoms with E-state index in [0.29, 0.717) is 16.5 Å². The molecule has 0 aliphatic heterocycles. The molecule has 0 radical (unpaired) electrons. The number of halogens is 3.